The lowest BCUT2D eigenvalue weighted by molar-refractivity contribution is -0.384. The predicted molar refractivity (Wildman–Crippen MR) is 128 cm³/mol. The maximum absolute atomic E-state index is 13.6. The first-order valence-electron chi connectivity index (χ1n) is 10.6. The van der Waals surface area contributed by atoms with E-state index >= 15 is 0 Å². The van der Waals surface area contributed by atoms with E-state index in [1.54, 1.807) is 36.4 Å². The van der Waals surface area contributed by atoms with Crippen molar-refractivity contribution in [3.8, 4) is 0 Å². The van der Waals surface area contributed by atoms with Crippen molar-refractivity contribution in [2.75, 3.05) is 13.7 Å². The molecule has 0 fully saturated rings. The number of hydrogen-bond acceptors (Lipinski definition) is 6. The van der Waals surface area contributed by atoms with E-state index < -0.39 is 26.8 Å². The van der Waals surface area contributed by atoms with Crippen molar-refractivity contribution < 1.29 is 22.9 Å². The quantitative estimate of drug-likeness (QED) is 0.244. The molecule has 34 heavy (non-hydrogen) atoms. The van der Waals surface area contributed by atoms with E-state index in [1.165, 1.54) is 23.5 Å². The van der Waals surface area contributed by atoms with E-state index in [0.29, 0.717) is 5.56 Å². The maximum Gasteiger partial charge on any atom is 0.310 e. The van der Waals surface area contributed by atoms with Gasteiger partial charge in [-0.2, -0.15) is 4.31 Å². The van der Waals surface area contributed by atoms with Gasteiger partial charge in [0.25, 0.3) is 5.69 Å². The molecule has 0 aliphatic heterocycles. The molecule has 0 aromatic heterocycles. The normalized spacial score (nSPS) is 12.3. The number of nitrogens with zero attached hydrogens (tertiary/aromatic N) is 2. The van der Waals surface area contributed by atoms with Crippen LogP contribution in [0.15, 0.2) is 83.8 Å². The summed E-state index contributed by atoms with van der Waals surface area (Å²) in [4.78, 5) is 23.2. The molecule has 0 spiro atoms. The molecule has 0 heterocycles. The summed E-state index contributed by atoms with van der Waals surface area (Å²) in [6.45, 7) is 1.83. The molecule has 3 aromatic rings. The number of nitro groups is 1. The Morgan fingerprint density at radius 3 is 2.15 bits per heavy atom. The molecule has 8 nitrogen and oxygen atoms in total. The molecule has 0 aliphatic rings. The molecular formula is C25H26N2O6S. The minimum absolute atomic E-state index is 0.0639. The van der Waals surface area contributed by atoms with Gasteiger partial charge in [0.15, 0.2) is 0 Å². The highest BCUT2D eigenvalue weighted by Crippen LogP contribution is 2.23. The Morgan fingerprint density at radius 1 is 0.971 bits per heavy atom. The van der Waals surface area contributed by atoms with Crippen LogP contribution in [0.3, 0.4) is 0 Å². The summed E-state index contributed by atoms with van der Waals surface area (Å²) >= 11 is 0. The Morgan fingerprint density at radius 2 is 1.59 bits per heavy atom. The average molecular weight is 483 g/mol. The van der Waals surface area contributed by atoms with Crippen molar-refractivity contribution in [1.82, 2.24) is 4.31 Å². The zero-order chi connectivity index (χ0) is 24.7. The minimum Gasteiger partial charge on any atom is -0.469 e. The van der Waals surface area contributed by atoms with Crippen molar-refractivity contribution in [2.24, 2.45) is 5.92 Å². The minimum atomic E-state index is -3.93. The highest BCUT2D eigenvalue weighted by molar-refractivity contribution is 7.89. The molecule has 0 aliphatic carbocycles. The van der Waals surface area contributed by atoms with E-state index in [-0.39, 0.29) is 30.1 Å². The summed E-state index contributed by atoms with van der Waals surface area (Å²) in [7, 11) is -2.68. The third kappa shape index (κ3) is 6.27. The van der Waals surface area contributed by atoms with E-state index in [1.807, 2.05) is 37.3 Å². The monoisotopic (exact) mass is 482 g/mol. The highest BCUT2D eigenvalue weighted by atomic mass is 32.2. The molecule has 1 atom stereocenters. The lowest BCUT2D eigenvalue weighted by Gasteiger charge is -2.26. The molecular weight excluding hydrogens is 456 g/mol. The summed E-state index contributed by atoms with van der Waals surface area (Å²) < 4.78 is 33.4. The van der Waals surface area contributed by atoms with Crippen LogP contribution in [0.1, 0.15) is 16.7 Å². The zero-order valence-electron chi connectivity index (χ0n) is 19.0. The molecule has 0 saturated carbocycles. The number of nitro benzene ring substituents is 1. The molecule has 9 heteroatoms. The fourth-order valence-corrected chi connectivity index (χ4v) is 5.04. The summed E-state index contributed by atoms with van der Waals surface area (Å²) in [5.74, 6) is -1.37. The largest absolute Gasteiger partial charge is 0.469 e. The van der Waals surface area contributed by atoms with Gasteiger partial charge in [-0.15, -0.1) is 0 Å². The number of carbonyl (C=O) groups is 1. The number of rotatable bonds is 10. The molecule has 0 amide bonds. The van der Waals surface area contributed by atoms with Crippen LogP contribution in [0.2, 0.25) is 0 Å². The number of carbonyl (C=O) groups excluding carboxylic acids is 1. The Hall–Kier alpha value is -3.56. The second-order valence-corrected chi connectivity index (χ2v) is 9.88. The second kappa shape index (κ2) is 11.0. The average Bonchev–Trinajstić information content (AvgIpc) is 2.83. The smallest absolute Gasteiger partial charge is 0.310 e. The lowest BCUT2D eigenvalue weighted by Crippen LogP contribution is -2.38. The van der Waals surface area contributed by atoms with E-state index in [2.05, 4.69) is 0 Å². The molecule has 178 valence electrons. The van der Waals surface area contributed by atoms with E-state index in [4.69, 9.17) is 4.74 Å². The van der Waals surface area contributed by atoms with Crippen LogP contribution in [-0.2, 0) is 32.5 Å². The van der Waals surface area contributed by atoms with Crippen molar-refractivity contribution in [2.45, 2.75) is 24.8 Å². The number of methoxy groups -OCH3 is 1. The fourth-order valence-electron chi connectivity index (χ4n) is 3.57. The van der Waals surface area contributed by atoms with Gasteiger partial charge in [0.2, 0.25) is 10.0 Å². The van der Waals surface area contributed by atoms with Crippen molar-refractivity contribution in [3.63, 3.8) is 0 Å². The molecule has 0 radical (unpaired) electrons. The van der Waals surface area contributed by atoms with Gasteiger partial charge in [-0.3, -0.25) is 14.9 Å². The van der Waals surface area contributed by atoms with Crippen LogP contribution in [0.4, 0.5) is 5.69 Å². The second-order valence-electron chi connectivity index (χ2n) is 7.94. The van der Waals surface area contributed by atoms with Gasteiger partial charge in [-0.05, 0) is 36.6 Å². The SMILES string of the molecule is COC(=O)C(Cc1ccc([N+](=O)[O-])cc1)CN(Cc1ccccc1)S(=O)(=O)c1ccc(C)cc1. The van der Waals surface area contributed by atoms with Crippen molar-refractivity contribution >= 4 is 21.7 Å². The van der Waals surface area contributed by atoms with E-state index in [0.717, 1.165) is 11.1 Å². The van der Waals surface area contributed by atoms with Crippen LogP contribution < -0.4 is 0 Å². The Labute approximate surface area is 199 Å². The van der Waals surface area contributed by atoms with Gasteiger partial charge in [0.1, 0.15) is 0 Å². The number of hydrogen-bond donors (Lipinski definition) is 0. The Kier molecular flexibility index (Phi) is 8.14. The maximum atomic E-state index is 13.6. The van der Waals surface area contributed by atoms with Crippen molar-refractivity contribution in [3.05, 3.63) is 106 Å². The number of aryl methyl sites for hydroxylation is 1. The number of esters is 1. The van der Waals surface area contributed by atoms with Crippen LogP contribution >= 0.6 is 0 Å². The van der Waals surface area contributed by atoms with Gasteiger partial charge in [-0.25, -0.2) is 8.42 Å². The molecule has 3 rings (SSSR count). The van der Waals surface area contributed by atoms with Gasteiger partial charge < -0.3 is 4.74 Å². The van der Waals surface area contributed by atoms with Crippen LogP contribution in [-0.4, -0.2) is 37.3 Å². The summed E-state index contributed by atoms with van der Waals surface area (Å²) in [6, 6.07) is 21.5. The standard InChI is InChI=1S/C25H26N2O6S/c1-19-8-14-24(15-9-19)34(31,32)26(17-21-6-4-3-5-7-21)18-22(25(28)33-2)16-20-10-12-23(13-11-20)27(29)30/h3-15,22H,16-18H2,1-2H3. The van der Waals surface area contributed by atoms with Crippen LogP contribution in [0.25, 0.3) is 0 Å². The van der Waals surface area contributed by atoms with Gasteiger partial charge in [-0.1, -0.05) is 60.2 Å². The molecule has 0 N–H and O–H groups in total. The van der Waals surface area contributed by atoms with Crippen molar-refractivity contribution in [1.29, 1.82) is 0 Å². The van der Waals surface area contributed by atoms with Gasteiger partial charge in [0, 0.05) is 25.2 Å². The van der Waals surface area contributed by atoms with Crippen LogP contribution in [0, 0.1) is 23.0 Å². The topological polar surface area (TPSA) is 107 Å². The van der Waals surface area contributed by atoms with Crippen LogP contribution in [0.5, 0.6) is 0 Å². The third-order valence-electron chi connectivity index (χ3n) is 5.45. The molecule has 1 unspecified atom stereocenters. The molecule has 0 saturated heterocycles. The molecule has 0 bridgehead atoms. The van der Waals surface area contributed by atoms with Gasteiger partial charge >= 0.3 is 5.97 Å². The number of non-ortho nitro benzene ring substituents is 1. The Balaban J connectivity index is 1.94. The Bertz CT molecular complexity index is 1230. The number of ether oxygens (including phenoxy) is 1. The van der Waals surface area contributed by atoms with Gasteiger partial charge in [0.05, 0.1) is 22.8 Å². The highest BCUT2D eigenvalue weighted by Gasteiger charge is 2.31. The predicted octanol–water partition coefficient (Wildman–Crippen LogP) is 4.13. The summed E-state index contributed by atoms with van der Waals surface area (Å²) in [5, 5.41) is 10.9. The number of sulfonamides is 1. The number of benzene rings is 3. The third-order valence-corrected chi connectivity index (χ3v) is 7.27. The first kappa shape index (κ1) is 25.1. The molecule has 3 aromatic carbocycles. The lowest BCUT2D eigenvalue weighted by atomic mass is 9.99. The summed E-state index contributed by atoms with van der Waals surface area (Å²) in [5.41, 5.74) is 2.30. The summed E-state index contributed by atoms with van der Waals surface area (Å²) in [6.07, 6.45) is 0.166. The fraction of sp³-hybridized carbons (Fsp3) is 0.240. The first-order chi connectivity index (χ1) is 16.2. The van der Waals surface area contributed by atoms with E-state index in [9.17, 15) is 23.3 Å². The first-order valence-corrected chi connectivity index (χ1v) is 12.1. The zero-order valence-corrected chi connectivity index (χ0v) is 19.8.